The highest BCUT2D eigenvalue weighted by Gasteiger charge is 2.38. The highest BCUT2D eigenvalue weighted by molar-refractivity contribution is 6.33. The summed E-state index contributed by atoms with van der Waals surface area (Å²) in [6.45, 7) is 4.09. The number of likely N-dealkylation sites (tertiary alicyclic amines) is 1. The molecule has 26 heavy (non-hydrogen) atoms. The third-order valence-corrected chi connectivity index (χ3v) is 5.48. The second-order valence-electron chi connectivity index (χ2n) is 6.86. The van der Waals surface area contributed by atoms with E-state index in [1.54, 1.807) is 0 Å². The lowest BCUT2D eigenvalue weighted by Crippen LogP contribution is -2.51. The molecule has 0 radical (unpaired) electrons. The van der Waals surface area contributed by atoms with Gasteiger partial charge in [-0.15, -0.1) is 0 Å². The molecule has 0 spiro atoms. The van der Waals surface area contributed by atoms with Gasteiger partial charge in [0.1, 0.15) is 5.69 Å². The predicted octanol–water partition coefficient (Wildman–Crippen LogP) is 2.74. The van der Waals surface area contributed by atoms with Crippen LogP contribution in [0.4, 0.5) is 0 Å². The molecule has 2 atom stereocenters. The van der Waals surface area contributed by atoms with Crippen LogP contribution in [0, 0.1) is 0 Å². The van der Waals surface area contributed by atoms with E-state index in [9.17, 15) is 4.79 Å². The predicted molar refractivity (Wildman–Crippen MR) is 99.2 cm³/mol. The first kappa shape index (κ1) is 17.5. The first-order valence-electron chi connectivity index (χ1n) is 9.13. The minimum atomic E-state index is -0.141. The quantitative estimate of drug-likeness (QED) is 0.893. The molecule has 1 N–H and O–H groups in total. The Bertz CT molecular complexity index is 745. The standard InChI is InChI=1S/C19H23ClN4O2/c20-15-12-21-22-17(15)19(25)24-10-11-26-16(13-23-8-4-5-9-23)18(24)14-6-2-1-3-7-14/h1-3,6-7,12,16,18H,4-5,8-11,13H2,(H,21,22)/t16-,18-/m0/s1. The molecule has 7 heteroatoms. The summed E-state index contributed by atoms with van der Waals surface area (Å²) in [6.07, 6.45) is 3.87. The van der Waals surface area contributed by atoms with Gasteiger partial charge >= 0.3 is 0 Å². The summed E-state index contributed by atoms with van der Waals surface area (Å²) in [5, 5.41) is 6.98. The van der Waals surface area contributed by atoms with Crippen molar-refractivity contribution in [1.29, 1.82) is 0 Å². The normalized spacial score (nSPS) is 24.1. The Balaban J connectivity index is 1.64. The smallest absolute Gasteiger partial charge is 0.274 e. The number of amides is 1. The van der Waals surface area contributed by atoms with Gasteiger partial charge in [0.25, 0.3) is 5.91 Å². The number of carbonyl (C=O) groups excluding carboxylic acids is 1. The Morgan fingerprint density at radius 2 is 2.00 bits per heavy atom. The van der Waals surface area contributed by atoms with Crippen LogP contribution in [0.15, 0.2) is 36.5 Å². The van der Waals surface area contributed by atoms with Crippen LogP contribution in [0.5, 0.6) is 0 Å². The lowest BCUT2D eigenvalue weighted by atomic mass is 9.97. The fourth-order valence-electron chi connectivity index (χ4n) is 3.94. The average molecular weight is 375 g/mol. The van der Waals surface area contributed by atoms with Crippen molar-refractivity contribution in [2.24, 2.45) is 0 Å². The van der Waals surface area contributed by atoms with E-state index in [4.69, 9.17) is 16.3 Å². The van der Waals surface area contributed by atoms with Crippen LogP contribution in [0.3, 0.4) is 0 Å². The maximum absolute atomic E-state index is 13.1. The zero-order valence-corrected chi connectivity index (χ0v) is 15.4. The minimum absolute atomic E-state index is 0.0603. The number of rotatable bonds is 4. The Labute approximate surface area is 158 Å². The molecule has 3 heterocycles. The lowest BCUT2D eigenvalue weighted by Gasteiger charge is -2.42. The number of halogens is 1. The number of hydrogen-bond donors (Lipinski definition) is 1. The van der Waals surface area contributed by atoms with Crippen LogP contribution in [0.25, 0.3) is 0 Å². The molecule has 0 unspecified atom stereocenters. The van der Waals surface area contributed by atoms with E-state index in [1.165, 1.54) is 19.0 Å². The zero-order valence-electron chi connectivity index (χ0n) is 14.6. The third-order valence-electron chi connectivity index (χ3n) is 5.20. The molecule has 6 nitrogen and oxygen atoms in total. The number of ether oxygens (including phenoxy) is 1. The van der Waals surface area contributed by atoms with Crippen LogP contribution >= 0.6 is 11.6 Å². The van der Waals surface area contributed by atoms with E-state index in [-0.39, 0.29) is 18.1 Å². The summed E-state index contributed by atoms with van der Waals surface area (Å²) < 4.78 is 6.14. The SMILES string of the molecule is O=C(c1[nH]ncc1Cl)N1CCO[C@@H](CN2CCCC2)[C@@H]1c1ccccc1. The van der Waals surface area contributed by atoms with Crippen molar-refractivity contribution >= 4 is 17.5 Å². The number of aromatic amines is 1. The molecule has 2 aliphatic rings. The van der Waals surface area contributed by atoms with Gasteiger partial charge in [-0.05, 0) is 31.5 Å². The Morgan fingerprint density at radius 1 is 1.23 bits per heavy atom. The number of H-pyrrole nitrogens is 1. The highest BCUT2D eigenvalue weighted by Crippen LogP contribution is 2.32. The fourth-order valence-corrected chi connectivity index (χ4v) is 4.12. The lowest BCUT2D eigenvalue weighted by molar-refractivity contribution is -0.0708. The van der Waals surface area contributed by atoms with Crippen molar-refractivity contribution in [3.05, 3.63) is 52.8 Å². The Morgan fingerprint density at radius 3 is 2.69 bits per heavy atom. The van der Waals surface area contributed by atoms with Gasteiger partial charge in [0.05, 0.1) is 30.0 Å². The summed E-state index contributed by atoms with van der Waals surface area (Å²) in [5.41, 5.74) is 1.43. The number of benzene rings is 1. The zero-order chi connectivity index (χ0) is 17.9. The first-order valence-corrected chi connectivity index (χ1v) is 9.50. The van der Waals surface area contributed by atoms with Gasteiger partial charge in [0.2, 0.25) is 0 Å². The molecule has 138 valence electrons. The molecule has 0 bridgehead atoms. The van der Waals surface area contributed by atoms with Crippen molar-refractivity contribution in [3.8, 4) is 0 Å². The van der Waals surface area contributed by atoms with Crippen molar-refractivity contribution in [2.45, 2.75) is 25.0 Å². The fraction of sp³-hybridized carbons (Fsp3) is 0.474. The Hall–Kier alpha value is -1.89. The van der Waals surface area contributed by atoms with E-state index >= 15 is 0 Å². The van der Waals surface area contributed by atoms with E-state index in [0.29, 0.717) is 23.9 Å². The van der Waals surface area contributed by atoms with Crippen LogP contribution in [0.2, 0.25) is 5.02 Å². The van der Waals surface area contributed by atoms with Gasteiger partial charge < -0.3 is 14.5 Å². The van der Waals surface area contributed by atoms with E-state index in [1.807, 2.05) is 23.1 Å². The summed E-state index contributed by atoms with van der Waals surface area (Å²) in [7, 11) is 0. The largest absolute Gasteiger partial charge is 0.373 e. The maximum atomic E-state index is 13.1. The highest BCUT2D eigenvalue weighted by atomic mass is 35.5. The number of carbonyl (C=O) groups is 1. The molecular formula is C19H23ClN4O2. The number of nitrogens with one attached hydrogen (secondary N) is 1. The molecule has 2 fully saturated rings. The van der Waals surface area contributed by atoms with E-state index in [0.717, 1.165) is 25.2 Å². The molecule has 1 aromatic heterocycles. The molecule has 2 aromatic rings. The molecule has 2 saturated heterocycles. The number of morpholine rings is 1. The molecule has 2 aliphatic heterocycles. The summed E-state index contributed by atoms with van der Waals surface area (Å²) in [4.78, 5) is 17.5. The van der Waals surface area contributed by atoms with Crippen LogP contribution < -0.4 is 0 Å². The summed E-state index contributed by atoms with van der Waals surface area (Å²) in [5.74, 6) is -0.129. The molecule has 0 saturated carbocycles. The van der Waals surface area contributed by atoms with Gasteiger partial charge in [0.15, 0.2) is 0 Å². The van der Waals surface area contributed by atoms with Gasteiger partial charge in [-0.25, -0.2) is 0 Å². The summed E-state index contributed by atoms with van der Waals surface area (Å²) >= 11 is 6.14. The molecule has 1 aromatic carbocycles. The van der Waals surface area contributed by atoms with Crippen molar-refractivity contribution < 1.29 is 9.53 Å². The third kappa shape index (κ3) is 3.49. The van der Waals surface area contributed by atoms with E-state index in [2.05, 4.69) is 27.2 Å². The molecule has 0 aliphatic carbocycles. The van der Waals surface area contributed by atoms with Gasteiger partial charge in [-0.3, -0.25) is 9.89 Å². The van der Waals surface area contributed by atoms with Gasteiger partial charge in [-0.2, -0.15) is 5.10 Å². The van der Waals surface area contributed by atoms with Gasteiger partial charge in [-0.1, -0.05) is 41.9 Å². The molecule has 1 amide bonds. The topological polar surface area (TPSA) is 61.5 Å². The second-order valence-corrected chi connectivity index (χ2v) is 7.27. The van der Waals surface area contributed by atoms with Crippen molar-refractivity contribution in [3.63, 3.8) is 0 Å². The van der Waals surface area contributed by atoms with Crippen LogP contribution in [0.1, 0.15) is 34.9 Å². The average Bonchev–Trinajstić information content (AvgIpc) is 3.33. The van der Waals surface area contributed by atoms with Crippen molar-refractivity contribution in [2.75, 3.05) is 32.8 Å². The minimum Gasteiger partial charge on any atom is -0.373 e. The first-order chi connectivity index (χ1) is 12.7. The molecule has 4 rings (SSSR count). The number of aromatic nitrogens is 2. The number of hydrogen-bond acceptors (Lipinski definition) is 4. The maximum Gasteiger partial charge on any atom is 0.274 e. The Kier molecular flexibility index (Phi) is 5.24. The van der Waals surface area contributed by atoms with Crippen molar-refractivity contribution in [1.82, 2.24) is 20.0 Å². The van der Waals surface area contributed by atoms with Crippen LogP contribution in [-0.4, -0.2) is 64.8 Å². The monoisotopic (exact) mass is 374 g/mol. The number of nitrogens with zero attached hydrogens (tertiary/aromatic N) is 3. The van der Waals surface area contributed by atoms with E-state index < -0.39 is 0 Å². The summed E-state index contributed by atoms with van der Waals surface area (Å²) in [6, 6.07) is 9.97. The molecular weight excluding hydrogens is 352 g/mol. The second kappa shape index (κ2) is 7.78. The van der Waals surface area contributed by atoms with Gasteiger partial charge in [0, 0.05) is 13.1 Å². The van der Waals surface area contributed by atoms with Crippen LogP contribution in [-0.2, 0) is 4.74 Å².